The zero-order valence-corrected chi connectivity index (χ0v) is 19.2. The van der Waals surface area contributed by atoms with Gasteiger partial charge in [0.15, 0.2) is 0 Å². The molecule has 0 saturated carbocycles. The summed E-state index contributed by atoms with van der Waals surface area (Å²) in [4.78, 5) is 20.6. The van der Waals surface area contributed by atoms with E-state index in [1.807, 2.05) is 19.2 Å². The first kappa shape index (κ1) is 25.5. The number of nitrogens with two attached hydrogens (primary N) is 1. The molecule has 8 nitrogen and oxygen atoms in total. The van der Waals surface area contributed by atoms with E-state index in [2.05, 4.69) is 25.7 Å². The third-order valence-electron chi connectivity index (χ3n) is 5.30. The third-order valence-corrected chi connectivity index (χ3v) is 5.30. The van der Waals surface area contributed by atoms with E-state index in [4.69, 9.17) is 5.73 Å². The molecule has 0 saturated heterocycles. The molecule has 13 heteroatoms. The first-order chi connectivity index (χ1) is 17.5. The maximum atomic E-state index is 13.5. The van der Waals surface area contributed by atoms with Crippen molar-refractivity contribution in [2.75, 3.05) is 16.4 Å². The Bertz CT molecular complexity index is 1420. The second-order valence-electron chi connectivity index (χ2n) is 7.86. The third kappa shape index (κ3) is 5.50. The number of carbonyl (C=O) groups excluding carboxylic acids is 1. The van der Waals surface area contributed by atoms with Gasteiger partial charge in [0.25, 0.3) is 0 Å². The number of hydrogen-bond acceptors (Lipinski definition) is 5. The summed E-state index contributed by atoms with van der Waals surface area (Å²) in [7, 11) is 0. The summed E-state index contributed by atoms with van der Waals surface area (Å²) in [5.41, 5.74) is 7.43. The van der Waals surface area contributed by atoms with Crippen LogP contribution in [-0.2, 0) is 12.5 Å². The van der Waals surface area contributed by atoms with Gasteiger partial charge in [-0.15, -0.1) is 0 Å². The molecule has 0 unspecified atom stereocenters. The van der Waals surface area contributed by atoms with Crippen LogP contribution in [0.15, 0.2) is 67.0 Å². The normalized spacial score (nSPS) is 11.8. The van der Waals surface area contributed by atoms with Crippen LogP contribution in [0.1, 0.15) is 12.5 Å². The van der Waals surface area contributed by atoms with Crippen molar-refractivity contribution in [2.24, 2.45) is 0 Å². The summed E-state index contributed by atoms with van der Waals surface area (Å²) in [6, 6.07) is 10.9. The van der Waals surface area contributed by atoms with Crippen LogP contribution in [0.25, 0.3) is 22.5 Å². The molecule has 0 aliphatic carbocycles. The summed E-state index contributed by atoms with van der Waals surface area (Å²) in [6.45, 7) is 2.52. The van der Waals surface area contributed by atoms with Crippen LogP contribution >= 0.6 is 0 Å². The van der Waals surface area contributed by atoms with Gasteiger partial charge >= 0.3 is 18.1 Å². The molecule has 37 heavy (non-hydrogen) atoms. The fourth-order valence-electron chi connectivity index (χ4n) is 3.47. The van der Waals surface area contributed by atoms with Gasteiger partial charge < -0.3 is 16.4 Å². The summed E-state index contributed by atoms with van der Waals surface area (Å²) >= 11 is 0. The number of anilines is 3. The van der Waals surface area contributed by atoms with Gasteiger partial charge in [-0.3, -0.25) is 4.68 Å². The standard InChI is InChI=1S/C24H20F5N7O/c1-2-36-13-18(20(35-36)19-10-11-31-21(30)34-19)14-4-3-5-17(12-14)33-22(37)32-16-8-6-15(7-9-16)23(25,26)24(27,28)29/h3-13H,2H2,1H3,(H2,30,31,34)(H2,32,33,37). The Morgan fingerprint density at radius 2 is 1.70 bits per heavy atom. The largest absolute Gasteiger partial charge is 0.458 e. The first-order valence-corrected chi connectivity index (χ1v) is 10.9. The lowest BCUT2D eigenvalue weighted by atomic mass is 10.0. The number of alkyl halides is 5. The molecule has 0 aliphatic heterocycles. The number of rotatable bonds is 6. The Hall–Kier alpha value is -4.55. The van der Waals surface area contributed by atoms with E-state index in [1.54, 1.807) is 28.9 Å². The van der Waals surface area contributed by atoms with E-state index in [9.17, 15) is 26.7 Å². The molecule has 2 aromatic heterocycles. The van der Waals surface area contributed by atoms with Crippen molar-refractivity contribution in [1.82, 2.24) is 19.7 Å². The molecule has 4 aromatic rings. The van der Waals surface area contributed by atoms with Gasteiger partial charge in [0, 0.05) is 41.4 Å². The van der Waals surface area contributed by atoms with Crippen molar-refractivity contribution in [1.29, 1.82) is 0 Å². The lowest BCUT2D eigenvalue weighted by molar-refractivity contribution is -0.289. The highest BCUT2D eigenvalue weighted by atomic mass is 19.4. The molecule has 2 heterocycles. The van der Waals surface area contributed by atoms with Crippen molar-refractivity contribution in [3.8, 4) is 22.5 Å². The van der Waals surface area contributed by atoms with E-state index >= 15 is 0 Å². The smallest absolute Gasteiger partial charge is 0.368 e. The molecule has 192 valence electrons. The fraction of sp³-hybridized carbons (Fsp3) is 0.167. The predicted octanol–water partition coefficient (Wildman–Crippen LogP) is 5.91. The number of nitrogen functional groups attached to an aromatic ring is 1. The molecule has 0 bridgehead atoms. The second kappa shape index (κ2) is 9.84. The number of aromatic nitrogens is 4. The van der Waals surface area contributed by atoms with E-state index < -0.39 is 23.7 Å². The molecular formula is C24H20F5N7O. The zero-order valence-electron chi connectivity index (χ0n) is 19.2. The number of benzene rings is 2. The molecular weight excluding hydrogens is 497 g/mol. The lowest BCUT2D eigenvalue weighted by Gasteiger charge is -2.20. The van der Waals surface area contributed by atoms with Gasteiger partial charge in [0.05, 0.1) is 5.69 Å². The van der Waals surface area contributed by atoms with E-state index in [-0.39, 0.29) is 11.6 Å². The highest BCUT2D eigenvalue weighted by Gasteiger charge is 2.58. The molecule has 0 spiro atoms. The summed E-state index contributed by atoms with van der Waals surface area (Å²) in [5.74, 6) is -4.91. The van der Waals surface area contributed by atoms with Crippen LogP contribution < -0.4 is 16.4 Å². The average molecular weight is 517 g/mol. The van der Waals surface area contributed by atoms with Crippen LogP contribution in [0.5, 0.6) is 0 Å². The highest BCUT2D eigenvalue weighted by molar-refractivity contribution is 6.00. The summed E-state index contributed by atoms with van der Waals surface area (Å²) in [5, 5.41) is 9.56. The topological polar surface area (TPSA) is 111 Å². The minimum Gasteiger partial charge on any atom is -0.368 e. The Balaban J connectivity index is 1.52. The molecule has 4 N–H and O–H groups in total. The molecule has 0 fully saturated rings. The summed E-state index contributed by atoms with van der Waals surface area (Å²) < 4.78 is 66.3. The minimum absolute atomic E-state index is 0.0308. The van der Waals surface area contributed by atoms with Gasteiger partial charge in [0.2, 0.25) is 5.95 Å². The second-order valence-corrected chi connectivity index (χ2v) is 7.86. The van der Waals surface area contributed by atoms with Gasteiger partial charge in [-0.2, -0.15) is 27.1 Å². The highest BCUT2D eigenvalue weighted by Crippen LogP contribution is 2.44. The van der Waals surface area contributed by atoms with Crippen molar-refractivity contribution < 1.29 is 26.7 Å². The van der Waals surface area contributed by atoms with Gasteiger partial charge in [-0.05, 0) is 42.8 Å². The number of carbonyl (C=O) groups is 1. The molecule has 4 rings (SSSR count). The van der Waals surface area contributed by atoms with Crippen molar-refractivity contribution in [3.63, 3.8) is 0 Å². The quantitative estimate of drug-likeness (QED) is 0.276. The van der Waals surface area contributed by atoms with E-state index in [1.165, 1.54) is 6.20 Å². The monoisotopic (exact) mass is 517 g/mol. The Labute approximate surface area is 207 Å². The Kier molecular flexibility index (Phi) is 6.79. The van der Waals surface area contributed by atoms with Gasteiger partial charge in [0.1, 0.15) is 5.69 Å². The van der Waals surface area contributed by atoms with E-state index in [0.29, 0.717) is 41.3 Å². The number of nitrogens with zero attached hydrogens (tertiary/aromatic N) is 4. The molecule has 0 aliphatic rings. The minimum atomic E-state index is -5.72. The fourth-order valence-corrected chi connectivity index (χ4v) is 3.47. The van der Waals surface area contributed by atoms with Crippen molar-refractivity contribution in [2.45, 2.75) is 25.6 Å². The van der Waals surface area contributed by atoms with Gasteiger partial charge in [-0.1, -0.05) is 24.3 Å². The number of urea groups is 1. The van der Waals surface area contributed by atoms with Crippen molar-refractivity contribution in [3.05, 3.63) is 72.6 Å². The lowest BCUT2D eigenvalue weighted by Crippen LogP contribution is -2.33. The van der Waals surface area contributed by atoms with Crippen LogP contribution in [0, 0.1) is 0 Å². The molecule has 0 radical (unpaired) electrons. The molecule has 2 aromatic carbocycles. The first-order valence-electron chi connectivity index (χ1n) is 10.9. The van der Waals surface area contributed by atoms with Crippen LogP contribution in [0.2, 0.25) is 0 Å². The maximum absolute atomic E-state index is 13.5. The Morgan fingerprint density at radius 3 is 2.35 bits per heavy atom. The number of hydrogen-bond donors (Lipinski definition) is 3. The van der Waals surface area contributed by atoms with Crippen molar-refractivity contribution >= 4 is 23.4 Å². The molecule has 0 atom stereocenters. The zero-order chi connectivity index (χ0) is 26.8. The number of halogens is 5. The predicted molar refractivity (Wildman–Crippen MR) is 128 cm³/mol. The SMILES string of the molecule is CCn1cc(-c2cccc(NC(=O)Nc3ccc(C(F)(F)C(F)(F)F)cc3)c2)c(-c2ccnc(N)n2)n1. The van der Waals surface area contributed by atoms with Gasteiger partial charge in [-0.25, -0.2) is 14.8 Å². The van der Waals surface area contributed by atoms with Crippen LogP contribution in [0.3, 0.4) is 0 Å². The van der Waals surface area contributed by atoms with Crippen LogP contribution in [-0.4, -0.2) is 32.0 Å². The average Bonchev–Trinajstić information content (AvgIpc) is 3.29. The molecule has 2 amide bonds. The number of aryl methyl sites for hydroxylation is 1. The number of nitrogens with one attached hydrogen (secondary N) is 2. The van der Waals surface area contributed by atoms with E-state index in [0.717, 1.165) is 17.7 Å². The summed E-state index contributed by atoms with van der Waals surface area (Å²) in [6.07, 6.45) is -2.38. The Morgan fingerprint density at radius 1 is 1.00 bits per heavy atom. The maximum Gasteiger partial charge on any atom is 0.458 e. The van der Waals surface area contributed by atoms with Crippen LogP contribution in [0.4, 0.5) is 44.1 Å². The number of amides is 2.